The van der Waals surface area contributed by atoms with E-state index in [0.717, 1.165) is 0 Å². The van der Waals surface area contributed by atoms with Gasteiger partial charge in [-0.15, -0.1) is 0 Å². The summed E-state index contributed by atoms with van der Waals surface area (Å²) in [7, 11) is 0. The maximum absolute atomic E-state index is 13.1. The Morgan fingerprint density at radius 1 is 0.458 bits per heavy atom. The van der Waals surface area contributed by atoms with Gasteiger partial charge in [0, 0.05) is 23.7 Å². The van der Waals surface area contributed by atoms with Crippen LogP contribution in [0.3, 0.4) is 0 Å². The molecular weight excluding hydrogens is 494 g/mol. The Hall–Kier alpha value is -0.180. The van der Waals surface area contributed by atoms with Gasteiger partial charge in [0.05, 0.1) is 0 Å². The zero-order valence-corrected chi connectivity index (χ0v) is 13.3. The fourth-order valence-corrected chi connectivity index (χ4v) is 2.04. The van der Waals surface area contributed by atoms with Crippen LogP contribution in [0.15, 0.2) is 0 Å². The third kappa shape index (κ3) is 4.31. The second kappa shape index (κ2) is 6.85. The van der Waals surface area contributed by atoms with Crippen molar-refractivity contribution in [2.24, 2.45) is 0 Å². The Morgan fingerprint density at radius 3 is 1.12 bits per heavy atom. The molecule has 0 saturated carbocycles. The predicted octanol–water partition coefficient (Wildman–Crippen LogP) is 6.33. The van der Waals surface area contributed by atoms with E-state index < -0.39 is 59.5 Å². The minimum atomic E-state index is -7.25. The van der Waals surface area contributed by atoms with Crippen molar-refractivity contribution in [3.8, 4) is 0 Å². The van der Waals surface area contributed by atoms with Crippen LogP contribution in [0.1, 0.15) is 19.3 Å². The van der Waals surface area contributed by atoms with Crippen LogP contribution in [0.5, 0.6) is 0 Å². The van der Waals surface area contributed by atoms with Crippen molar-refractivity contribution in [2.45, 2.75) is 55.1 Å². The molecule has 0 amide bonds. The molecule has 0 aliphatic rings. The topological polar surface area (TPSA) is 0 Å². The summed E-state index contributed by atoms with van der Waals surface area (Å²) >= 11 is 1.22. The maximum atomic E-state index is 13.1. The van der Waals surface area contributed by atoms with Crippen molar-refractivity contribution in [3.63, 3.8) is 0 Å². The van der Waals surface area contributed by atoms with Gasteiger partial charge in [0.25, 0.3) is 0 Å². The first-order valence-corrected chi connectivity index (χ1v) is 7.31. The lowest BCUT2D eigenvalue weighted by molar-refractivity contribution is -0.398. The molecular formula is C10H8F13I. The number of halogens is 14. The minimum absolute atomic E-state index is 0.584. The SMILES string of the molecule is FC(F)(F)C(F)(F)C(F)(F)C(F)(F)CCC(F)(F)C(F)(F)CCI. The molecule has 0 aliphatic carbocycles. The molecule has 0 heterocycles. The Morgan fingerprint density at radius 2 is 0.792 bits per heavy atom. The molecule has 24 heavy (non-hydrogen) atoms. The third-order valence-corrected chi connectivity index (χ3v) is 3.45. The zero-order valence-electron chi connectivity index (χ0n) is 11.1. The summed E-state index contributed by atoms with van der Waals surface area (Å²) in [6.07, 6.45) is -14.4. The summed E-state index contributed by atoms with van der Waals surface area (Å²) in [6.45, 7) is 0. The fourth-order valence-electron chi connectivity index (χ4n) is 1.36. The lowest BCUT2D eigenvalue weighted by atomic mass is 9.95. The van der Waals surface area contributed by atoms with Crippen LogP contribution >= 0.6 is 22.6 Å². The molecule has 0 unspecified atom stereocenters. The Kier molecular flexibility index (Phi) is 6.80. The van der Waals surface area contributed by atoms with E-state index in [1.165, 1.54) is 22.6 Å². The van der Waals surface area contributed by atoms with E-state index in [0.29, 0.717) is 0 Å². The summed E-state index contributed by atoms with van der Waals surface area (Å²) in [6, 6.07) is 0. The highest BCUT2D eigenvalue weighted by Crippen LogP contribution is 2.55. The van der Waals surface area contributed by atoms with E-state index in [1.54, 1.807) is 0 Å². The molecule has 0 aromatic heterocycles. The number of rotatable bonds is 8. The van der Waals surface area contributed by atoms with Gasteiger partial charge in [-0.05, 0) is 0 Å². The lowest BCUT2D eigenvalue weighted by Gasteiger charge is -2.35. The van der Waals surface area contributed by atoms with Crippen LogP contribution < -0.4 is 0 Å². The summed E-state index contributed by atoms with van der Waals surface area (Å²) < 4.78 is 164. The van der Waals surface area contributed by atoms with E-state index in [-0.39, 0.29) is 0 Å². The molecule has 0 radical (unpaired) electrons. The molecule has 0 aliphatic heterocycles. The first kappa shape index (κ1) is 23.8. The second-order valence-electron chi connectivity index (χ2n) is 4.70. The summed E-state index contributed by atoms with van der Waals surface area (Å²) in [5.74, 6) is -30.9. The van der Waals surface area contributed by atoms with Crippen molar-refractivity contribution in [1.29, 1.82) is 0 Å². The molecule has 0 aromatic carbocycles. The summed E-state index contributed by atoms with van der Waals surface area (Å²) in [5.41, 5.74) is 0. The first-order chi connectivity index (χ1) is 10.3. The number of alkyl halides is 14. The van der Waals surface area contributed by atoms with E-state index in [9.17, 15) is 57.1 Å². The lowest BCUT2D eigenvalue weighted by Crippen LogP contribution is -2.61. The van der Waals surface area contributed by atoms with E-state index in [1.807, 2.05) is 0 Å². The monoisotopic (exact) mass is 502 g/mol. The van der Waals surface area contributed by atoms with Gasteiger partial charge in [-0.3, -0.25) is 0 Å². The van der Waals surface area contributed by atoms with Crippen molar-refractivity contribution in [1.82, 2.24) is 0 Å². The molecule has 0 fully saturated rings. The fraction of sp³-hybridized carbons (Fsp3) is 1.00. The van der Waals surface area contributed by atoms with Crippen LogP contribution in [0.4, 0.5) is 57.1 Å². The molecule has 0 N–H and O–H groups in total. The Labute approximate surface area is 139 Å². The van der Waals surface area contributed by atoms with Crippen LogP contribution in [-0.2, 0) is 0 Å². The number of hydrogen-bond donors (Lipinski definition) is 0. The molecule has 14 heteroatoms. The maximum Gasteiger partial charge on any atom is 0.460 e. The first-order valence-electron chi connectivity index (χ1n) is 5.78. The highest BCUT2D eigenvalue weighted by Gasteiger charge is 2.81. The Bertz CT molecular complexity index is 425. The van der Waals surface area contributed by atoms with Gasteiger partial charge in [-0.2, -0.15) is 57.1 Å². The van der Waals surface area contributed by atoms with Crippen molar-refractivity contribution >= 4 is 22.6 Å². The average molecular weight is 502 g/mol. The van der Waals surface area contributed by atoms with Gasteiger partial charge in [0.15, 0.2) is 0 Å². The van der Waals surface area contributed by atoms with Gasteiger partial charge in [0.2, 0.25) is 0 Å². The van der Waals surface area contributed by atoms with Crippen LogP contribution in [0, 0.1) is 0 Å². The van der Waals surface area contributed by atoms with Crippen molar-refractivity contribution in [3.05, 3.63) is 0 Å². The van der Waals surface area contributed by atoms with Crippen molar-refractivity contribution < 1.29 is 57.1 Å². The van der Waals surface area contributed by atoms with E-state index in [4.69, 9.17) is 0 Å². The van der Waals surface area contributed by atoms with Crippen LogP contribution in [0.2, 0.25) is 0 Å². The Balaban J connectivity index is 5.43. The second-order valence-corrected chi connectivity index (χ2v) is 5.78. The molecule has 0 saturated heterocycles. The molecule has 0 aromatic rings. The van der Waals surface area contributed by atoms with Crippen LogP contribution in [-0.4, -0.2) is 40.2 Å². The van der Waals surface area contributed by atoms with E-state index >= 15 is 0 Å². The minimum Gasteiger partial charge on any atom is -0.200 e. The predicted molar refractivity (Wildman–Crippen MR) is 63.5 cm³/mol. The molecule has 146 valence electrons. The zero-order chi connectivity index (χ0) is 19.8. The molecule has 0 nitrogen and oxygen atoms in total. The molecule has 0 bridgehead atoms. The third-order valence-electron chi connectivity index (χ3n) is 2.91. The molecule has 0 rings (SSSR count). The van der Waals surface area contributed by atoms with Gasteiger partial charge in [0.1, 0.15) is 0 Å². The quantitative estimate of drug-likeness (QED) is 0.207. The summed E-state index contributed by atoms with van der Waals surface area (Å²) in [4.78, 5) is 0. The van der Waals surface area contributed by atoms with Gasteiger partial charge >= 0.3 is 35.8 Å². The average Bonchev–Trinajstić information content (AvgIpc) is 2.34. The largest absolute Gasteiger partial charge is 0.460 e. The van der Waals surface area contributed by atoms with Crippen LogP contribution in [0.25, 0.3) is 0 Å². The van der Waals surface area contributed by atoms with Gasteiger partial charge < -0.3 is 0 Å². The highest BCUT2D eigenvalue weighted by molar-refractivity contribution is 14.1. The van der Waals surface area contributed by atoms with E-state index in [2.05, 4.69) is 0 Å². The van der Waals surface area contributed by atoms with Crippen molar-refractivity contribution in [2.75, 3.05) is 4.43 Å². The highest BCUT2D eigenvalue weighted by atomic mass is 127. The smallest absolute Gasteiger partial charge is 0.200 e. The standard InChI is InChI=1S/C10H8F13I/c11-5(12,6(13,14)3-4-24)1-2-7(15,16)8(17,18)9(19,20)10(21,22)23/h1-4H2. The molecule has 0 atom stereocenters. The molecule has 0 spiro atoms. The summed E-state index contributed by atoms with van der Waals surface area (Å²) in [5, 5.41) is 0. The number of hydrogen-bond acceptors (Lipinski definition) is 0. The normalized spacial score (nSPS) is 15.8. The van der Waals surface area contributed by atoms with Gasteiger partial charge in [-0.25, -0.2) is 0 Å². The van der Waals surface area contributed by atoms with Gasteiger partial charge in [-0.1, -0.05) is 22.6 Å².